The van der Waals surface area contributed by atoms with Gasteiger partial charge in [0, 0.05) is 13.1 Å². The molecule has 26 heavy (non-hydrogen) atoms. The van der Waals surface area contributed by atoms with Crippen LogP contribution >= 0.6 is 0 Å². The topological polar surface area (TPSA) is 158 Å². The number of hydrogen-bond donors (Lipinski definition) is 4. The van der Waals surface area contributed by atoms with Gasteiger partial charge in [-0.3, -0.25) is 9.59 Å². The van der Waals surface area contributed by atoms with Gasteiger partial charge < -0.3 is 20.8 Å². The van der Waals surface area contributed by atoms with Gasteiger partial charge in [-0.2, -0.15) is 10.2 Å². The minimum Gasteiger partial charge on any atom is -0.479 e. The number of carboxylic acids is 2. The SMILES string of the molecule is CCCCNC(=O)C(C)(N=NC(C)(C(=O)O)C(=O)NCCCC)C(=O)O. The average molecular weight is 372 g/mol. The Morgan fingerprint density at radius 2 is 1.08 bits per heavy atom. The maximum Gasteiger partial charge on any atom is 0.343 e. The number of unbranched alkanes of at least 4 members (excludes halogenated alkanes) is 2. The first-order valence-corrected chi connectivity index (χ1v) is 8.53. The number of nitrogens with one attached hydrogen (secondary N) is 2. The fourth-order valence-corrected chi connectivity index (χ4v) is 1.67. The number of amides is 2. The Bertz CT molecular complexity index is 517. The van der Waals surface area contributed by atoms with E-state index in [0.717, 1.165) is 26.7 Å². The van der Waals surface area contributed by atoms with Crippen molar-refractivity contribution in [2.75, 3.05) is 13.1 Å². The first-order chi connectivity index (χ1) is 12.1. The van der Waals surface area contributed by atoms with E-state index in [9.17, 15) is 29.4 Å². The molecule has 0 aromatic heterocycles. The van der Waals surface area contributed by atoms with Crippen molar-refractivity contribution in [3.05, 3.63) is 0 Å². The largest absolute Gasteiger partial charge is 0.479 e. The number of azo groups is 1. The molecule has 0 bridgehead atoms. The Hall–Kier alpha value is -2.52. The minimum absolute atomic E-state index is 0.251. The lowest BCUT2D eigenvalue weighted by Gasteiger charge is -2.22. The smallest absolute Gasteiger partial charge is 0.343 e. The molecule has 0 fully saturated rings. The maximum absolute atomic E-state index is 12.2. The molecule has 2 unspecified atom stereocenters. The number of rotatable bonds is 12. The fraction of sp³-hybridized carbons (Fsp3) is 0.750. The van der Waals surface area contributed by atoms with E-state index in [0.29, 0.717) is 12.8 Å². The van der Waals surface area contributed by atoms with Gasteiger partial charge >= 0.3 is 11.9 Å². The molecular weight excluding hydrogens is 344 g/mol. The van der Waals surface area contributed by atoms with Crippen LogP contribution in [0.1, 0.15) is 53.4 Å². The van der Waals surface area contributed by atoms with Crippen molar-refractivity contribution in [1.82, 2.24) is 10.6 Å². The molecule has 0 rings (SSSR count). The molecule has 0 aliphatic carbocycles. The van der Waals surface area contributed by atoms with Gasteiger partial charge in [-0.15, -0.1) is 0 Å². The van der Waals surface area contributed by atoms with Crippen molar-refractivity contribution < 1.29 is 29.4 Å². The summed E-state index contributed by atoms with van der Waals surface area (Å²) >= 11 is 0. The highest BCUT2D eigenvalue weighted by atomic mass is 16.4. The molecule has 0 aliphatic rings. The Labute approximate surface area is 152 Å². The van der Waals surface area contributed by atoms with Gasteiger partial charge in [0.1, 0.15) is 0 Å². The molecule has 10 nitrogen and oxygen atoms in total. The second-order valence-electron chi connectivity index (χ2n) is 6.17. The third kappa shape index (κ3) is 6.08. The highest BCUT2D eigenvalue weighted by molar-refractivity contribution is 6.07. The van der Waals surface area contributed by atoms with Crippen molar-refractivity contribution in [2.45, 2.75) is 64.5 Å². The van der Waals surface area contributed by atoms with Gasteiger partial charge in [0.05, 0.1) is 0 Å². The number of nitrogens with zero attached hydrogens (tertiary/aromatic N) is 2. The molecule has 0 radical (unpaired) electrons. The van der Waals surface area contributed by atoms with E-state index in [4.69, 9.17) is 0 Å². The van der Waals surface area contributed by atoms with E-state index in [1.165, 1.54) is 0 Å². The summed E-state index contributed by atoms with van der Waals surface area (Å²) in [5, 5.41) is 30.4. The highest BCUT2D eigenvalue weighted by Crippen LogP contribution is 2.18. The quantitative estimate of drug-likeness (QED) is 0.227. The first kappa shape index (κ1) is 23.5. The summed E-state index contributed by atoms with van der Waals surface area (Å²) in [6.07, 6.45) is 2.87. The van der Waals surface area contributed by atoms with Crippen LogP contribution in [0, 0.1) is 0 Å². The fourth-order valence-electron chi connectivity index (χ4n) is 1.67. The molecule has 0 aliphatic heterocycles. The van der Waals surface area contributed by atoms with Crippen molar-refractivity contribution in [3.63, 3.8) is 0 Å². The second kappa shape index (κ2) is 10.5. The molecule has 10 heteroatoms. The van der Waals surface area contributed by atoms with Crippen LogP contribution in [0.2, 0.25) is 0 Å². The molecule has 148 valence electrons. The second-order valence-corrected chi connectivity index (χ2v) is 6.17. The van der Waals surface area contributed by atoms with E-state index in [2.05, 4.69) is 20.9 Å². The summed E-state index contributed by atoms with van der Waals surface area (Å²) in [5.74, 6) is -5.06. The summed E-state index contributed by atoms with van der Waals surface area (Å²) in [5.41, 5.74) is -4.68. The van der Waals surface area contributed by atoms with E-state index < -0.39 is 34.8 Å². The Balaban J connectivity index is 5.50. The summed E-state index contributed by atoms with van der Waals surface area (Å²) in [6.45, 7) is 6.30. The molecule has 0 spiro atoms. The first-order valence-electron chi connectivity index (χ1n) is 8.53. The molecule has 0 aromatic rings. The maximum atomic E-state index is 12.2. The molecule has 0 heterocycles. The third-order valence-corrected chi connectivity index (χ3v) is 3.80. The van der Waals surface area contributed by atoms with Crippen LogP contribution < -0.4 is 10.6 Å². The summed E-state index contributed by atoms with van der Waals surface area (Å²) in [6, 6.07) is 0. The molecule has 0 saturated heterocycles. The average Bonchev–Trinajstić information content (AvgIpc) is 2.58. The Morgan fingerprint density at radius 3 is 1.31 bits per heavy atom. The van der Waals surface area contributed by atoms with Crippen LogP contribution in [0.4, 0.5) is 0 Å². The lowest BCUT2D eigenvalue weighted by atomic mass is 10.0. The summed E-state index contributed by atoms with van der Waals surface area (Å²) in [7, 11) is 0. The van der Waals surface area contributed by atoms with Crippen molar-refractivity contribution >= 4 is 23.8 Å². The van der Waals surface area contributed by atoms with E-state index in [-0.39, 0.29) is 13.1 Å². The molecular formula is C16H28N4O6. The number of aliphatic carboxylic acids is 2. The van der Waals surface area contributed by atoms with Crippen LogP contribution in [0.25, 0.3) is 0 Å². The number of carbonyl (C=O) groups excluding carboxylic acids is 2. The lowest BCUT2D eigenvalue weighted by Crippen LogP contribution is -2.52. The zero-order valence-corrected chi connectivity index (χ0v) is 15.7. The Morgan fingerprint density at radius 1 is 0.769 bits per heavy atom. The highest BCUT2D eigenvalue weighted by Gasteiger charge is 2.46. The lowest BCUT2D eigenvalue weighted by molar-refractivity contribution is -0.151. The van der Waals surface area contributed by atoms with Gasteiger partial charge in [-0.25, -0.2) is 9.59 Å². The van der Waals surface area contributed by atoms with Gasteiger partial charge in [0.15, 0.2) is 0 Å². The van der Waals surface area contributed by atoms with E-state index in [1.54, 1.807) is 0 Å². The zero-order valence-electron chi connectivity index (χ0n) is 15.7. The standard InChI is InChI=1S/C16H28N4O6/c1-5-7-9-17-11(21)15(3,13(23)24)19-20-16(4,14(25)26)12(22)18-10-8-6-2/h5-10H2,1-4H3,(H,17,21)(H,18,22)(H,23,24)(H,25,26). The van der Waals surface area contributed by atoms with Crippen LogP contribution in [0.5, 0.6) is 0 Å². The van der Waals surface area contributed by atoms with Crippen LogP contribution in [-0.2, 0) is 19.2 Å². The monoisotopic (exact) mass is 372 g/mol. The molecule has 0 aromatic carbocycles. The molecule has 0 saturated carbocycles. The number of carboxylic acid groups (broad SMARTS) is 2. The van der Waals surface area contributed by atoms with Gasteiger partial charge in [0.2, 0.25) is 0 Å². The Kier molecular flexibility index (Phi) is 9.45. The molecule has 4 N–H and O–H groups in total. The molecule has 2 amide bonds. The van der Waals surface area contributed by atoms with E-state index >= 15 is 0 Å². The van der Waals surface area contributed by atoms with Crippen molar-refractivity contribution in [2.24, 2.45) is 10.2 Å². The van der Waals surface area contributed by atoms with E-state index in [1.807, 2.05) is 13.8 Å². The van der Waals surface area contributed by atoms with Crippen LogP contribution in [0.3, 0.4) is 0 Å². The predicted octanol–water partition coefficient (Wildman–Crippen LogP) is 0.958. The van der Waals surface area contributed by atoms with Crippen LogP contribution in [-0.4, -0.2) is 58.1 Å². The van der Waals surface area contributed by atoms with Gasteiger partial charge in [-0.1, -0.05) is 26.7 Å². The summed E-state index contributed by atoms with van der Waals surface area (Å²) < 4.78 is 0. The number of carbonyl (C=O) groups is 4. The van der Waals surface area contributed by atoms with Crippen LogP contribution in [0.15, 0.2) is 10.2 Å². The van der Waals surface area contributed by atoms with Gasteiger partial charge in [0.25, 0.3) is 22.9 Å². The zero-order chi connectivity index (χ0) is 20.4. The normalized spacial score (nSPS) is 15.7. The summed E-state index contributed by atoms with van der Waals surface area (Å²) in [4.78, 5) is 47.3. The molecule has 2 atom stereocenters. The van der Waals surface area contributed by atoms with Crippen molar-refractivity contribution in [1.29, 1.82) is 0 Å². The minimum atomic E-state index is -2.34. The predicted molar refractivity (Wildman–Crippen MR) is 92.8 cm³/mol. The van der Waals surface area contributed by atoms with Gasteiger partial charge in [-0.05, 0) is 26.7 Å². The number of hydrogen-bond acceptors (Lipinski definition) is 6. The van der Waals surface area contributed by atoms with Crippen molar-refractivity contribution in [3.8, 4) is 0 Å². The third-order valence-electron chi connectivity index (χ3n) is 3.80.